The number of hydrogen-bond donors (Lipinski definition) is 1. The van der Waals surface area contributed by atoms with E-state index in [1.807, 2.05) is 30.3 Å². The van der Waals surface area contributed by atoms with Gasteiger partial charge in [-0.2, -0.15) is 0 Å². The van der Waals surface area contributed by atoms with E-state index in [2.05, 4.69) is 34.6 Å². The minimum atomic E-state index is 0.652. The predicted molar refractivity (Wildman–Crippen MR) is 78.0 cm³/mol. The second-order valence-corrected chi connectivity index (χ2v) is 4.15. The lowest BCUT2D eigenvalue weighted by Gasteiger charge is -2.04. The van der Waals surface area contributed by atoms with Crippen LogP contribution < -0.4 is 10.1 Å². The zero-order valence-electron chi connectivity index (χ0n) is 11.0. The lowest BCUT2D eigenvalue weighted by Crippen LogP contribution is -2.12. The molecule has 0 amide bonds. The third-order valence-electron chi connectivity index (χ3n) is 2.71. The van der Waals surface area contributed by atoms with E-state index in [9.17, 15) is 0 Å². The van der Waals surface area contributed by atoms with E-state index in [1.165, 1.54) is 11.1 Å². The highest BCUT2D eigenvalue weighted by atomic mass is 16.5. The van der Waals surface area contributed by atoms with Crippen LogP contribution >= 0.6 is 0 Å². The first-order chi connectivity index (χ1) is 9.38. The van der Waals surface area contributed by atoms with Crippen LogP contribution in [0.2, 0.25) is 0 Å². The standard InChI is InChI=1S/C16H18N2O/c1-19-16-12-15(9-11-18-16)13-17-10-5-8-14-6-3-2-4-7-14/h2-9,11-12,17H,10,13H2,1H3/b8-5+. The van der Waals surface area contributed by atoms with Crippen LogP contribution in [0.3, 0.4) is 0 Å². The van der Waals surface area contributed by atoms with Crippen molar-refractivity contribution < 1.29 is 4.74 Å². The number of methoxy groups -OCH3 is 1. The summed E-state index contributed by atoms with van der Waals surface area (Å²) in [5, 5.41) is 3.35. The van der Waals surface area contributed by atoms with E-state index < -0.39 is 0 Å². The molecular weight excluding hydrogens is 236 g/mol. The third-order valence-corrected chi connectivity index (χ3v) is 2.71. The van der Waals surface area contributed by atoms with Crippen LogP contribution in [0.25, 0.3) is 6.08 Å². The molecule has 0 radical (unpaired) electrons. The Morgan fingerprint density at radius 1 is 1.21 bits per heavy atom. The van der Waals surface area contributed by atoms with Gasteiger partial charge >= 0.3 is 0 Å². The lowest BCUT2D eigenvalue weighted by atomic mass is 10.2. The monoisotopic (exact) mass is 254 g/mol. The molecule has 0 aliphatic heterocycles. The van der Waals surface area contributed by atoms with Crippen molar-refractivity contribution in [1.82, 2.24) is 10.3 Å². The maximum absolute atomic E-state index is 5.09. The largest absolute Gasteiger partial charge is 0.481 e. The van der Waals surface area contributed by atoms with Crippen molar-refractivity contribution in [2.75, 3.05) is 13.7 Å². The summed E-state index contributed by atoms with van der Waals surface area (Å²) in [7, 11) is 1.63. The van der Waals surface area contributed by atoms with Gasteiger partial charge in [0.1, 0.15) is 0 Å². The molecule has 19 heavy (non-hydrogen) atoms. The molecule has 3 nitrogen and oxygen atoms in total. The smallest absolute Gasteiger partial charge is 0.213 e. The third kappa shape index (κ3) is 4.56. The Bertz CT molecular complexity index is 523. The van der Waals surface area contributed by atoms with Crippen molar-refractivity contribution in [1.29, 1.82) is 0 Å². The Kier molecular flexibility index (Phi) is 5.14. The molecule has 0 fully saturated rings. The zero-order chi connectivity index (χ0) is 13.3. The molecule has 0 aliphatic carbocycles. The molecule has 1 N–H and O–H groups in total. The van der Waals surface area contributed by atoms with Gasteiger partial charge in [0, 0.05) is 25.4 Å². The molecule has 0 unspecified atom stereocenters. The highest BCUT2D eigenvalue weighted by Crippen LogP contribution is 2.07. The minimum Gasteiger partial charge on any atom is -0.481 e. The molecule has 0 aliphatic rings. The zero-order valence-corrected chi connectivity index (χ0v) is 11.0. The SMILES string of the molecule is COc1cc(CNC/C=C/c2ccccc2)ccn1. The first kappa shape index (κ1) is 13.3. The fourth-order valence-electron chi connectivity index (χ4n) is 1.73. The average Bonchev–Trinajstić information content (AvgIpc) is 2.48. The van der Waals surface area contributed by atoms with Gasteiger partial charge in [-0.15, -0.1) is 0 Å². The summed E-state index contributed by atoms with van der Waals surface area (Å²) in [4.78, 5) is 4.08. The number of aromatic nitrogens is 1. The van der Waals surface area contributed by atoms with Gasteiger partial charge in [-0.3, -0.25) is 0 Å². The van der Waals surface area contributed by atoms with Gasteiger partial charge < -0.3 is 10.1 Å². The van der Waals surface area contributed by atoms with Gasteiger partial charge in [0.25, 0.3) is 0 Å². The molecule has 0 atom stereocenters. The number of pyridine rings is 1. The molecule has 98 valence electrons. The maximum Gasteiger partial charge on any atom is 0.213 e. The molecule has 2 rings (SSSR count). The molecule has 1 aromatic carbocycles. The molecule has 2 aromatic rings. The number of nitrogens with one attached hydrogen (secondary N) is 1. The van der Waals surface area contributed by atoms with Crippen LogP contribution in [0.4, 0.5) is 0 Å². The number of nitrogens with zero attached hydrogens (tertiary/aromatic N) is 1. The van der Waals surface area contributed by atoms with Crippen molar-refractivity contribution in [3.05, 3.63) is 65.9 Å². The number of hydrogen-bond acceptors (Lipinski definition) is 3. The molecule has 3 heteroatoms. The Labute approximate surface area is 114 Å². The molecule has 0 saturated heterocycles. The van der Waals surface area contributed by atoms with Gasteiger partial charge in [-0.25, -0.2) is 4.98 Å². The molecule has 1 aromatic heterocycles. The van der Waals surface area contributed by atoms with Crippen molar-refractivity contribution in [3.63, 3.8) is 0 Å². The van der Waals surface area contributed by atoms with E-state index in [0.29, 0.717) is 5.88 Å². The molecule has 0 bridgehead atoms. The summed E-state index contributed by atoms with van der Waals surface area (Å²) in [6.07, 6.45) is 5.99. The highest BCUT2D eigenvalue weighted by Gasteiger charge is 1.95. The van der Waals surface area contributed by atoms with Crippen LogP contribution in [0, 0.1) is 0 Å². The van der Waals surface area contributed by atoms with Crippen LogP contribution in [-0.2, 0) is 6.54 Å². The number of rotatable bonds is 6. The Morgan fingerprint density at radius 2 is 2.05 bits per heavy atom. The van der Waals surface area contributed by atoms with Crippen LogP contribution in [0.15, 0.2) is 54.7 Å². The summed E-state index contributed by atoms with van der Waals surface area (Å²) in [6, 6.07) is 14.2. The highest BCUT2D eigenvalue weighted by molar-refractivity contribution is 5.48. The van der Waals surface area contributed by atoms with Crippen LogP contribution in [-0.4, -0.2) is 18.6 Å². The van der Waals surface area contributed by atoms with Crippen molar-refractivity contribution in [2.24, 2.45) is 0 Å². The Hall–Kier alpha value is -2.13. The Balaban J connectivity index is 1.76. The average molecular weight is 254 g/mol. The van der Waals surface area contributed by atoms with E-state index >= 15 is 0 Å². The van der Waals surface area contributed by atoms with Crippen LogP contribution in [0.5, 0.6) is 5.88 Å². The van der Waals surface area contributed by atoms with Gasteiger partial charge in [-0.05, 0) is 17.2 Å². The summed E-state index contributed by atoms with van der Waals surface area (Å²) < 4.78 is 5.09. The maximum atomic E-state index is 5.09. The normalized spacial score (nSPS) is 10.8. The lowest BCUT2D eigenvalue weighted by molar-refractivity contribution is 0.397. The first-order valence-corrected chi connectivity index (χ1v) is 6.30. The van der Waals surface area contributed by atoms with Gasteiger partial charge in [0.15, 0.2) is 0 Å². The van der Waals surface area contributed by atoms with Crippen molar-refractivity contribution >= 4 is 6.08 Å². The van der Waals surface area contributed by atoms with Crippen LogP contribution in [0.1, 0.15) is 11.1 Å². The van der Waals surface area contributed by atoms with E-state index in [-0.39, 0.29) is 0 Å². The molecule has 0 saturated carbocycles. The van der Waals surface area contributed by atoms with E-state index in [0.717, 1.165) is 13.1 Å². The van der Waals surface area contributed by atoms with Crippen molar-refractivity contribution in [3.8, 4) is 5.88 Å². The summed E-state index contributed by atoms with van der Waals surface area (Å²) in [5.74, 6) is 0.652. The summed E-state index contributed by atoms with van der Waals surface area (Å²) in [5.41, 5.74) is 2.38. The molecule has 0 spiro atoms. The van der Waals surface area contributed by atoms with Gasteiger partial charge in [0.2, 0.25) is 5.88 Å². The second kappa shape index (κ2) is 7.34. The predicted octanol–water partition coefficient (Wildman–Crippen LogP) is 2.89. The second-order valence-electron chi connectivity index (χ2n) is 4.15. The topological polar surface area (TPSA) is 34.1 Å². The van der Waals surface area contributed by atoms with Gasteiger partial charge in [-0.1, -0.05) is 42.5 Å². The fourth-order valence-corrected chi connectivity index (χ4v) is 1.73. The minimum absolute atomic E-state index is 0.652. The molecular formula is C16H18N2O. The number of benzene rings is 1. The van der Waals surface area contributed by atoms with Gasteiger partial charge in [0.05, 0.1) is 7.11 Å². The van der Waals surface area contributed by atoms with Crippen molar-refractivity contribution in [2.45, 2.75) is 6.54 Å². The van der Waals surface area contributed by atoms with E-state index in [1.54, 1.807) is 13.3 Å². The first-order valence-electron chi connectivity index (χ1n) is 6.30. The summed E-state index contributed by atoms with van der Waals surface area (Å²) >= 11 is 0. The van der Waals surface area contributed by atoms with E-state index in [4.69, 9.17) is 4.74 Å². The molecule has 1 heterocycles. The Morgan fingerprint density at radius 3 is 2.84 bits per heavy atom. The summed E-state index contributed by atoms with van der Waals surface area (Å²) in [6.45, 7) is 1.64. The fraction of sp³-hybridized carbons (Fsp3) is 0.188. The number of ether oxygens (including phenoxy) is 1. The quantitative estimate of drug-likeness (QED) is 0.805.